The van der Waals surface area contributed by atoms with Crippen LogP contribution in [0.1, 0.15) is 18.6 Å². The Morgan fingerprint density at radius 3 is 2.71 bits per heavy atom. The number of hydrogen-bond acceptors (Lipinski definition) is 3. The molecule has 3 nitrogen and oxygen atoms in total. The maximum Gasteiger partial charge on any atom is 0.168 e. The van der Waals surface area contributed by atoms with E-state index < -0.39 is 11.9 Å². The summed E-state index contributed by atoms with van der Waals surface area (Å²) in [5.74, 6) is 0.0470. The molecule has 0 saturated carbocycles. The fraction of sp³-hybridized carbons (Fsp3) is 0.118. The molecular weight excluding hydrogens is 269 g/mol. The number of halogens is 1. The van der Waals surface area contributed by atoms with Crippen molar-refractivity contribution in [2.45, 2.75) is 13.0 Å². The minimum Gasteiger partial charge on any atom is -0.453 e. The number of aliphatic hydroxyl groups excluding tert-OH is 1. The van der Waals surface area contributed by atoms with Crippen LogP contribution in [0.5, 0.6) is 11.5 Å². The molecule has 0 bridgehead atoms. The van der Waals surface area contributed by atoms with Crippen molar-refractivity contribution in [3.05, 3.63) is 66.1 Å². The third-order valence-corrected chi connectivity index (χ3v) is 3.27. The number of para-hydroxylation sites is 1. The van der Waals surface area contributed by atoms with E-state index >= 15 is 0 Å². The molecule has 21 heavy (non-hydrogen) atoms. The maximum absolute atomic E-state index is 14.0. The van der Waals surface area contributed by atoms with Crippen molar-refractivity contribution in [3.63, 3.8) is 0 Å². The smallest absolute Gasteiger partial charge is 0.168 e. The second-order valence-corrected chi connectivity index (χ2v) is 4.76. The zero-order valence-electron chi connectivity index (χ0n) is 11.5. The van der Waals surface area contributed by atoms with E-state index in [-0.39, 0.29) is 5.75 Å². The van der Waals surface area contributed by atoms with Gasteiger partial charge in [-0.15, -0.1) is 0 Å². The van der Waals surface area contributed by atoms with Crippen molar-refractivity contribution in [3.8, 4) is 11.5 Å². The zero-order chi connectivity index (χ0) is 14.8. The van der Waals surface area contributed by atoms with Crippen molar-refractivity contribution < 1.29 is 14.2 Å². The number of benzene rings is 2. The Hall–Kier alpha value is -2.46. The summed E-state index contributed by atoms with van der Waals surface area (Å²) in [6.07, 6.45) is 0.875. The molecule has 3 aromatic rings. The lowest BCUT2D eigenvalue weighted by atomic mass is 10.1. The minimum absolute atomic E-state index is 0.0452. The lowest BCUT2D eigenvalue weighted by molar-refractivity contribution is 0.194. The molecule has 0 radical (unpaired) electrons. The standard InChI is InChI=1S/C17H14FNO2/c1-11(20)12-5-2-7-14(18)17(12)21-16-9-3-8-15-13(16)6-4-10-19-15/h2-11,20H,1H3. The highest BCUT2D eigenvalue weighted by Crippen LogP contribution is 2.35. The van der Waals surface area contributed by atoms with Crippen LogP contribution in [-0.2, 0) is 0 Å². The quantitative estimate of drug-likeness (QED) is 0.782. The average Bonchev–Trinajstić information content (AvgIpc) is 2.49. The van der Waals surface area contributed by atoms with Crippen LogP contribution < -0.4 is 4.74 Å². The largest absolute Gasteiger partial charge is 0.453 e. The third-order valence-electron chi connectivity index (χ3n) is 3.27. The Labute approximate surface area is 121 Å². The lowest BCUT2D eigenvalue weighted by Crippen LogP contribution is -1.99. The molecule has 4 heteroatoms. The normalized spacial score (nSPS) is 12.3. The number of nitrogens with zero attached hydrogens (tertiary/aromatic N) is 1. The fourth-order valence-electron chi connectivity index (χ4n) is 2.24. The van der Waals surface area contributed by atoms with Gasteiger partial charge in [0.05, 0.1) is 11.6 Å². The number of ether oxygens (including phenoxy) is 1. The van der Waals surface area contributed by atoms with Gasteiger partial charge >= 0.3 is 0 Å². The zero-order valence-corrected chi connectivity index (χ0v) is 11.5. The predicted octanol–water partition coefficient (Wildman–Crippen LogP) is 4.22. The summed E-state index contributed by atoms with van der Waals surface area (Å²) in [5.41, 5.74) is 1.18. The summed E-state index contributed by atoms with van der Waals surface area (Å²) in [5, 5.41) is 10.6. The fourth-order valence-corrected chi connectivity index (χ4v) is 2.24. The molecule has 1 heterocycles. The molecule has 106 valence electrons. The Morgan fingerprint density at radius 2 is 1.90 bits per heavy atom. The van der Waals surface area contributed by atoms with Gasteiger partial charge < -0.3 is 9.84 Å². The van der Waals surface area contributed by atoms with Crippen LogP contribution in [-0.4, -0.2) is 10.1 Å². The van der Waals surface area contributed by atoms with E-state index in [4.69, 9.17) is 4.74 Å². The van der Waals surface area contributed by atoms with Crippen molar-refractivity contribution in [2.24, 2.45) is 0 Å². The SMILES string of the molecule is CC(O)c1cccc(F)c1Oc1cccc2ncccc12. The van der Waals surface area contributed by atoms with Gasteiger partial charge in [0.25, 0.3) is 0 Å². The van der Waals surface area contributed by atoms with Crippen LogP contribution in [0.15, 0.2) is 54.7 Å². The topological polar surface area (TPSA) is 42.4 Å². The first-order valence-corrected chi connectivity index (χ1v) is 6.65. The number of pyridine rings is 1. The monoisotopic (exact) mass is 283 g/mol. The van der Waals surface area contributed by atoms with Gasteiger partial charge in [-0.25, -0.2) is 4.39 Å². The van der Waals surface area contributed by atoms with Gasteiger partial charge in [-0.05, 0) is 37.3 Å². The number of aliphatic hydroxyl groups is 1. The molecule has 0 spiro atoms. The van der Waals surface area contributed by atoms with Crippen LogP contribution in [0.2, 0.25) is 0 Å². The van der Waals surface area contributed by atoms with Crippen LogP contribution in [0.25, 0.3) is 10.9 Å². The molecule has 2 aromatic carbocycles. The Bertz CT molecular complexity index is 781. The number of fused-ring (bicyclic) bond motifs is 1. The van der Waals surface area contributed by atoms with Gasteiger partial charge in [0.1, 0.15) is 5.75 Å². The number of rotatable bonds is 3. The van der Waals surface area contributed by atoms with E-state index in [1.165, 1.54) is 6.07 Å². The molecular formula is C17H14FNO2. The summed E-state index contributed by atoms with van der Waals surface area (Å²) < 4.78 is 19.8. The molecule has 1 atom stereocenters. The van der Waals surface area contributed by atoms with Gasteiger partial charge in [-0.1, -0.05) is 18.2 Å². The van der Waals surface area contributed by atoms with Crippen LogP contribution in [0, 0.1) is 5.82 Å². The second-order valence-electron chi connectivity index (χ2n) is 4.76. The highest BCUT2D eigenvalue weighted by Gasteiger charge is 2.15. The van der Waals surface area contributed by atoms with Crippen LogP contribution in [0.3, 0.4) is 0 Å². The van der Waals surface area contributed by atoms with Gasteiger partial charge in [-0.3, -0.25) is 4.98 Å². The van der Waals surface area contributed by atoms with Gasteiger partial charge in [0.2, 0.25) is 0 Å². The van der Waals surface area contributed by atoms with Crippen molar-refractivity contribution >= 4 is 10.9 Å². The first-order valence-electron chi connectivity index (χ1n) is 6.65. The molecule has 0 aliphatic carbocycles. The van der Waals surface area contributed by atoms with Crippen molar-refractivity contribution in [2.75, 3.05) is 0 Å². The summed E-state index contributed by atoms with van der Waals surface area (Å²) in [7, 11) is 0. The lowest BCUT2D eigenvalue weighted by Gasteiger charge is -2.15. The Balaban J connectivity index is 2.11. The summed E-state index contributed by atoms with van der Waals surface area (Å²) >= 11 is 0. The van der Waals surface area contributed by atoms with E-state index in [2.05, 4.69) is 4.98 Å². The van der Waals surface area contributed by atoms with Gasteiger partial charge in [-0.2, -0.15) is 0 Å². The highest BCUT2D eigenvalue weighted by molar-refractivity contribution is 5.85. The van der Waals surface area contributed by atoms with Gasteiger partial charge in [0, 0.05) is 17.1 Å². The summed E-state index contributed by atoms with van der Waals surface area (Å²) in [6.45, 7) is 1.58. The predicted molar refractivity (Wildman–Crippen MR) is 78.9 cm³/mol. The van der Waals surface area contributed by atoms with E-state index in [1.807, 2.05) is 12.1 Å². The first-order chi connectivity index (χ1) is 10.2. The number of hydrogen-bond donors (Lipinski definition) is 1. The van der Waals surface area contributed by atoms with Gasteiger partial charge in [0.15, 0.2) is 11.6 Å². The van der Waals surface area contributed by atoms with E-state index in [0.29, 0.717) is 11.3 Å². The molecule has 3 rings (SSSR count). The van der Waals surface area contributed by atoms with E-state index in [1.54, 1.807) is 43.5 Å². The van der Waals surface area contributed by atoms with Crippen LogP contribution >= 0.6 is 0 Å². The molecule has 0 aliphatic rings. The molecule has 1 N–H and O–H groups in total. The second kappa shape index (κ2) is 5.50. The Kier molecular flexibility index (Phi) is 3.54. The first kappa shape index (κ1) is 13.5. The summed E-state index contributed by atoms with van der Waals surface area (Å²) in [4.78, 5) is 4.24. The molecule has 0 amide bonds. The Morgan fingerprint density at radius 1 is 1.10 bits per heavy atom. The number of aromatic nitrogens is 1. The van der Waals surface area contributed by atoms with Crippen molar-refractivity contribution in [1.82, 2.24) is 4.98 Å². The average molecular weight is 283 g/mol. The van der Waals surface area contributed by atoms with E-state index in [0.717, 1.165) is 10.9 Å². The molecule has 0 aliphatic heterocycles. The van der Waals surface area contributed by atoms with Crippen molar-refractivity contribution in [1.29, 1.82) is 0 Å². The minimum atomic E-state index is -0.816. The molecule has 0 fully saturated rings. The highest BCUT2D eigenvalue weighted by atomic mass is 19.1. The molecule has 0 saturated heterocycles. The van der Waals surface area contributed by atoms with E-state index in [9.17, 15) is 9.50 Å². The third kappa shape index (κ3) is 2.58. The summed E-state index contributed by atoms with van der Waals surface area (Å²) in [6, 6.07) is 13.6. The molecule has 1 unspecified atom stereocenters. The molecule has 1 aromatic heterocycles. The van der Waals surface area contributed by atoms with Crippen LogP contribution in [0.4, 0.5) is 4.39 Å². The maximum atomic E-state index is 14.0.